The minimum atomic E-state index is 0.320. The zero-order chi connectivity index (χ0) is 13.4. The van der Waals surface area contributed by atoms with E-state index < -0.39 is 0 Å². The zero-order valence-electron chi connectivity index (χ0n) is 10.7. The van der Waals surface area contributed by atoms with Crippen LogP contribution in [-0.2, 0) is 6.54 Å². The van der Waals surface area contributed by atoms with E-state index in [1.54, 1.807) is 12.3 Å². The zero-order valence-corrected chi connectivity index (χ0v) is 12.2. The van der Waals surface area contributed by atoms with Crippen LogP contribution in [0.25, 0.3) is 0 Å². The van der Waals surface area contributed by atoms with Crippen molar-refractivity contribution >= 4 is 23.2 Å². The first-order chi connectivity index (χ1) is 9.17. The molecule has 3 heterocycles. The van der Waals surface area contributed by atoms with Crippen LogP contribution in [0.3, 0.4) is 0 Å². The normalized spacial score (nSPS) is 30.8. The highest BCUT2D eigenvalue weighted by molar-refractivity contribution is 6.34. The van der Waals surface area contributed by atoms with Crippen LogP contribution in [0.4, 0.5) is 0 Å². The van der Waals surface area contributed by atoms with Crippen LogP contribution in [0.2, 0.25) is 10.0 Å². The summed E-state index contributed by atoms with van der Waals surface area (Å²) >= 11 is 12.1. The number of nitrogens with zero attached hydrogens (tertiary/aromatic N) is 2. The summed E-state index contributed by atoms with van der Waals surface area (Å²) in [7, 11) is 0. The first kappa shape index (κ1) is 13.6. The van der Waals surface area contributed by atoms with Crippen molar-refractivity contribution in [3.8, 4) is 0 Å². The second-order valence-electron chi connectivity index (χ2n) is 5.66. The lowest BCUT2D eigenvalue weighted by molar-refractivity contribution is 0.0674. The smallest absolute Gasteiger partial charge is 0.0731 e. The number of piperidine rings is 1. The van der Waals surface area contributed by atoms with Crippen molar-refractivity contribution in [1.82, 2.24) is 9.88 Å². The van der Waals surface area contributed by atoms with Gasteiger partial charge in [-0.15, -0.1) is 0 Å². The molecule has 2 aliphatic rings. The van der Waals surface area contributed by atoms with Gasteiger partial charge in [-0.1, -0.05) is 23.2 Å². The molecule has 1 aromatic rings. The number of halogens is 2. The molecule has 2 bridgehead atoms. The predicted molar refractivity (Wildman–Crippen MR) is 76.4 cm³/mol. The summed E-state index contributed by atoms with van der Waals surface area (Å²) in [5, 5.41) is 10.6. The van der Waals surface area contributed by atoms with Gasteiger partial charge in [-0.25, -0.2) is 0 Å². The summed E-state index contributed by atoms with van der Waals surface area (Å²) in [4.78, 5) is 6.86. The molecule has 3 atom stereocenters. The summed E-state index contributed by atoms with van der Waals surface area (Å²) in [5.41, 5.74) is 0.908. The Kier molecular flexibility index (Phi) is 3.99. The quantitative estimate of drug-likeness (QED) is 0.932. The molecule has 3 nitrogen and oxygen atoms in total. The van der Waals surface area contributed by atoms with Gasteiger partial charge in [-0.3, -0.25) is 9.88 Å². The molecule has 104 valence electrons. The number of hydrogen-bond acceptors (Lipinski definition) is 3. The number of rotatable bonds is 3. The molecule has 3 rings (SSSR count). The molecular weight excluding hydrogens is 283 g/mol. The fraction of sp³-hybridized carbons (Fsp3) is 0.643. The van der Waals surface area contributed by atoms with Crippen molar-refractivity contribution in [3.63, 3.8) is 0 Å². The first-order valence-electron chi connectivity index (χ1n) is 6.84. The van der Waals surface area contributed by atoms with Crippen LogP contribution < -0.4 is 0 Å². The van der Waals surface area contributed by atoms with E-state index >= 15 is 0 Å². The second-order valence-corrected chi connectivity index (χ2v) is 6.50. The van der Waals surface area contributed by atoms with Crippen LogP contribution in [0, 0.1) is 5.92 Å². The van der Waals surface area contributed by atoms with E-state index in [4.69, 9.17) is 23.2 Å². The Balaban J connectivity index is 1.74. The Morgan fingerprint density at radius 1 is 1.26 bits per heavy atom. The summed E-state index contributed by atoms with van der Waals surface area (Å²) in [6, 6.07) is 2.90. The summed E-state index contributed by atoms with van der Waals surface area (Å²) in [6.07, 6.45) is 6.31. The molecule has 5 heteroatoms. The predicted octanol–water partition coefficient (Wildman–Crippen LogP) is 3.12. The fourth-order valence-corrected chi connectivity index (χ4v) is 3.97. The van der Waals surface area contributed by atoms with Gasteiger partial charge in [-0.05, 0) is 37.7 Å². The minimum absolute atomic E-state index is 0.320. The summed E-state index contributed by atoms with van der Waals surface area (Å²) in [5.74, 6) is 0.474. The molecule has 2 fully saturated rings. The molecule has 0 saturated carbocycles. The van der Waals surface area contributed by atoms with E-state index in [1.807, 2.05) is 0 Å². The van der Waals surface area contributed by atoms with Gasteiger partial charge < -0.3 is 5.11 Å². The third kappa shape index (κ3) is 2.75. The molecule has 19 heavy (non-hydrogen) atoms. The molecule has 0 amide bonds. The van der Waals surface area contributed by atoms with Crippen LogP contribution in [0.5, 0.6) is 0 Å². The lowest BCUT2D eigenvalue weighted by atomic mass is 9.91. The Labute approximate surface area is 123 Å². The average Bonchev–Trinajstić information content (AvgIpc) is 2.62. The Bertz CT molecular complexity index is 455. The maximum absolute atomic E-state index is 9.34. The van der Waals surface area contributed by atoms with Crippen molar-refractivity contribution in [2.45, 2.75) is 44.3 Å². The van der Waals surface area contributed by atoms with Gasteiger partial charge in [0.1, 0.15) is 0 Å². The highest BCUT2D eigenvalue weighted by Crippen LogP contribution is 2.39. The van der Waals surface area contributed by atoms with E-state index in [0.717, 1.165) is 25.1 Å². The molecule has 2 saturated heterocycles. The van der Waals surface area contributed by atoms with Crippen LogP contribution in [-0.4, -0.2) is 33.7 Å². The van der Waals surface area contributed by atoms with E-state index in [0.29, 0.717) is 34.7 Å². The first-order valence-corrected chi connectivity index (χ1v) is 7.59. The van der Waals surface area contributed by atoms with Gasteiger partial charge in [-0.2, -0.15) is 0 Å². The van der Waals surface area contributed by atoms with E-state index in [-0.39, 0.29) is 0 Å². The van der Waals surface area contributed by atoms with Gasteiger partial charge >= 0.3 is 0 Å². The van der Waals surface area contributed by atoms with Crippen molar-refractivity contribution in [2.75, 3.05) is 6.61 Å². The molecule has 0 radical (unpaired) electrons. The maximum Gasteiger partial charge on any atom is 0.0731 e. The van der Waals surface area contributed by atoms with E-state index in [1.165, 1.54) is 12.8 Å². The third-order valence-corrected chi connectivity index (χ3v) is 4.99. The Morgan fingerprint density at radius 2 is 1.95 bits per heavy atom. The van der Waals surface area contributed by atoms with E-state index in [9.17, 15) is 5.11 Å². The number of aliphatic hydroxyl groups is 1. The molecule has 1 aromatic heterocycles. The SMILES string of the molecule is OCC1C[C@H]2CC[C@@H](C1)N2Cc1ncc(Cl)cc1Cl. The number of hydrogen-bond donors (Lipinski definition) is 1. The molecule has 1 N–H and O–H groups in total. The monoisotopic (exact) mass is 300 g/mol. The van der Waals surface area contributed by atoms with Gasteiger partial charge in [0, 0.05) is 31.4 Å². The van der Waals surface area contributed by atoms with Crippen LogP contribution in [0.1, 0.15) is 31.4 Å². The van der Waals surface area contributed by atoms with Gasteiger partial charge in [0.15, 0.2) is 0 Å². The molecule has 0 aliphatic carbocycles. The minimum Gasteiger partial charge on any atom is -0.396 e. The number of fused-ring (bicyclic) bond motifs is 2. The lowest BCUT2D eigenvalue weighted by Crippen LogP contribution is -2.43. The molecular formula is C14H18Cl2N2O. The highest BCUT2D eigenvalue weighted by atomic mass is 35.5. The Morgan fingerprint density at radius 3 is 2.53 bits per heavy atom. The van der Waals surface area contributed by atoms with Crippen molar-refractivity contribution in [3.05, 3.63) is 28.0 Å². The van der Waals surface area contributed by atoms with Crippen LogP contribution >= 0.6 is 23.2 Å². The number of aromatic nitrogens is 1. The van der Waals surface area contributed by atoms with Crippen molar-refractivity contribution in [2.24, 2.45) is 5.92 Å². The molecule has 2 aliphatic heterocycles. The highest BCUT2D eigenvalue weighted by Gasteiger charge is 2.40. The van der Waals surface area contributed by atoms with Gasteiger partial charge in [0.2, 0.25) is 0 Å². The third-order valence-electron chi connectivity index (χ3n) is 4.46. The molecule has 0 aromatic carbocycles. The van der Waals surface area contributed by atoms with Crippen molar-refractivity contribution < 1.29 is 5.11 Å². The standard InChI is InChI=1S/C14H18Cl2N2O/c15-10-5-13(16)14(17-6-10)7-18-11-1-2-12(18)4-9(3-11)8-19/h5-6,9,11-12,19H,1-4,7-8H2/t9?,11-,12+. The average molecular weight is 301 g/mol. The van der Waals surface area contributed by atoms with Crippen LogP contribution in [0.15, 0.2) is 12.3 Å². The fourth-order valence-electron chi connectivity index (χ4n) is 3.53. The molecule has 0 spiro atoms. The van der Waals surface area contributed by atoms with Crippen molar-refractivity contribution in [1.29, 1.82) is 0 Å². The van der Waals surface area contributed by atoms with E-state index in [2.05, 4.69) is 9.88 Å². The van der Waals surface area contributed by atoms with Gasteiger partial charge in [0.05, 0.1) is 15.7 Å². The topological polar surface area (TPSA) is 36.4 Å². The second kappa shape index (κ2) is 5.57. The molecule has 1 unspecified atom stereocenters. The Hall–Kier alpha value is -0.350. The maximum atomic E-state index is 9.34. The lowest BCUT2D eigenvalue weighted by Gasteiger charge is -2.38. The summed E-state index contributed by atoms with van der Waals surface area (Å²) in [6.45, 7) is 1.12. The van der Waals surface area contributed by atoms with Gasteiger partial charge in [0.25, 0.3) is 0 Å². The summed E-state index contributed by atoms with van der Waals surface area (Å²) < 4.78 is 0. The largest absolute Gasteiger partial charge is 0.396 e. The number of aliphatic hydroxyl groups excluding tert-OH is 1. The number of pyridine rings is 1.